The summed E-state index contributed by atoms with van der Waals surface area (Å²) in [5.74, 6) is -0.926. The Morgan fingerprint density at radius 2 is 2.44 bits per heavy atom. The molecule has 0 spiro atoms. The molecular weight excluding hydrogens is 204 g/mol. The van der Waals surface area contributed by atoms with E-state index in [4.69, 9.17) is 9.85 Å². The van der Waals surface area contributed by atoms with Gasteiger partial charge in [0.15, 0.2) is 0 Å². The van der Waals surface area contributed by atoms with Gasteiger partial charge >= 0.3 is 5.97 Å². The Balaban J connectivity index is 2.10. The third-order valence-corrected chi connectivity index (χ3v) is 2.52. The zero-order chi connectivity index (χ0) is 14.0. The lowest BCUT2D eigenvalue weighted by Crippen LogP contribution is -2.33. The molecule has 4 heteroatoms. The van der Waals surface area contributed by atoms with E-state index in [2.05, 4.69) is 9.72 Å². The molecule has 0 radical (unpaired) electrons. The molecule has 3 N–H and O–H groups in total. The molecule has 4 nitrogen and oxygen atoms in total. The SMILES string of the molecule is [2H]C([2H])([2H])OC(=O)[C@H](N)Cc1c[nH]c2ccccc12. The number of rotatable bonds is 3. The van der Waals surface area contributed by atoms with Crippen molar-refractivity contribution >= 4 is 16.9 Å². The molecule has 0 bridgehead atoms. The van der Waals surface area contributed by atoms with E-state index in [9.17, 15) is 4.79 Å². The van der Waals surface area contributed by atoms with E-state index in [1.54, 1.807) is 6.20 Å². The van der Waals surface area contributed by atoms with Gasteiger partial charge in [0, 0.05) is 23.5 Å². The Bertz CT molecular complexity index is 592. The number of carbonyl (C=O) groups is 1. The van der Waals surface area contributed by atoms with E-state index in [0.29, 0.717) is 0 Å². The van der Waals surface area contributed by atoms with Crippen molar-refractivity contribution in [3.63, 3.8) is 0 Å². The average molecular weight is 221 g/mol. The van der Waals surface area contributed by atoms with Crippen molar-refractivity contribution < 1.29 is 13.6 Å². The summed E-state index contributed by atoms with van der Waals surface area (Å²) in [5, 5.41) is 0.958. The molecular formula is C12H14N2O2. The Morgan fingerprint density at radius 3 is 3.25 bits per heavy atom. The highest BCUT2D eigenvalue weighted by Crippen LogP contribution is 2.18. The van der Waals surface area contributed by atoms with E-state index in [0.717, 1.165) is 16.5 Å². The number of hydrogen-bond donors (Lipinski definition) is 2. The fourth-order valence-corrected chi connectivity index (χ4v) is 1.70. The van der Waals surface area contributed by atoms with Gasteiger partial charge in [0.1, 0.15) is 6.04 Å². The first-order valence-corrected chi connectivity index (χ1v) is 4.90. The van der Waals surface area contributed by atoms with Gasteiger partial charge in [-0.15, -0.1) is 0 Å². The largest absolute Gasteiger partial charge is 0.468 e. The molecule has 1 heterocycles. The molecule has 1 aromatic heterocycles. The van der Waals surface area contributed by atoms with Gasteiger partial charge in [0.25, 0.3) is 0 Å². The van der Waals surface area contributed by atoms with Gasteiger partial charge in [0.2, 0.25) is 0 Å². The number of H-pyrrole nitrogens is 1. The number of para-hydroxylation sites is 1. The molecule has 0 amide bonds. The van der Waals surface area contributed by atoms with Crippen molar-refractivity contribution in [3.05, 3.63) is 36.0 Å². The van der Waals surface area contributed by atoms with E-state index >= 15 is 0 Å². The smallest absolute Gasteiger partial charge is 0.322 e. The standard InChI is InChI=1S/C12H14N2O2/c1-16-12(15)10(13)6-8-7-14-11-5-3-2-4-9(8)11/h2-5,7,10,14H,6,13H2,1H3/t10-/m1/s1/i1D3. The normalized spacial score (nSPS) is 16.2. The second-order valence-electron chi connectivity index (χ2n) is 3.59. The summed E-state index contributed by atoms with van der Waals surface area (Å²) in [5.41, 5.74) is 7.46. The van der Waals surface area contributed by atoms with Crippen molar-refractivity contribution in [2.75, 3.05) is 7.04 Å². The number of carbonyl (C=O) groups excluding carboxylic acids is 1. The topological polar surface area (TPSA) is 68.1 Å². The van der Waals surface area contributed by atoms with Crippen LogP contribution in [0.25, 0.3) is 10.9 Å². The van der Waals surface area contributed by atoms with Crippen LogP contribution in [-0.2, 0) is 16.0 Å². The maximum Gasteiger partial charge on any atom is 0.322 e. The monoisotopic (exact) mass is 221 g/mol. The highest BCUT2D eigenvalue weighted by atomic mass is 16.5. The minimum absolute atomic E-state index is 0.221. The number of aromatic nitrogens is 1. The van der Waals surface area contributed by atoms with E-state index in [-0.39, 0.29) is 6.42 Å². The van der Waals surface area contributed by atoms with Crippen LogP contribution in [0.15, 0.2) is 30.5 Å². The average Bonchev–Trinajstić information content (AvgIpc) is 2.70. The van der Waals surface area contributed by atoms with Gasteiger partial charge in [-0.25, -0.2) is 0 Å². The number of aromatic amines is 1. The molecule has 1 aromatic carbocycles. The molecule has 0 saturated carbocycles. The minimum atomic E-state index is -2.76. The van der Waals surface area contributed by atoms with Gasteiger partial charge in [-0.1, -0.05) is 18.2 Å². The van der Waals surface area contributed by atoms with Crippen LogP contribution in [0, 0.1) is 0 Å². The molecule has 2 aromatic rings. The molecule has 0 aliphatic rings. The first-order chi connectivity index (χ1) is 8.87. The zero-order valence-electron chi connectivity index (χ0n) is 11.6. The quantitative estimate of drug-likeness (QED) is 0.765. The van der Waals surface area contributed by atoms with Crippen LogP contribution in [0.1, 0.15) is 9.68 Å². The summed E-state index contributed by atoms with van der Waals surface area (Å²) in [7, 11) is -2.76. The molecule has 0 unspecified atom stereocenters. The minimum Gasteiger partial charge on any atom is -0.468 e. The van der Waals surface area contributed by atoms with E-state index in [1.807, 2.05) is 24.3 Å². The first-order valence-electron chi connectivity index (χ1n) is 6.40. The third-order valence-electron chi connectivity index (χ3n) is 2.52. The van der Waals surface area contributed by atoms with E-state index < -0.39 is 19.0 Å². The van der Waals surface area contributed by atoms with Crippen LogP contribution in [0.3, 0.4) is 0 Å². The maximum atomic E-state index is 11.5. The highest BCUT2D eigenvalue weighted by molar-refractivity contribution is 5.84. The molecule has 0 aliphatic carbocycles. The summed E-state index contributed by atoms with van der Waals surface area (Å²) in [6.45, 7) is 0. The molecule has 0 fully saturated rings. The molecule has 1 atom stereocenters. The molecule has 84 valence electrons. The number of benzene rings is 1. The first kappa shape index (κ1) is 7.46. The molecule has 16 heavy (non-hydrogen) atoms. The van der Waals surface area contributed by atoms with Crippen LogP contribution in [0.2, 0.25) is 0 Å². The Morgan fingerprint density at radius 1 is 1.62 bits per heavy atom. The molecule has 0 aliphatic heterocycles. The Labute approximate surface area is 97.6 Å². The lowest BCUT2D eigenvalue weighted by molar-refractivity contribution is -0.142. The lowest BCUT2D eigenvalue weighted by Gasteiger charge is -2.07. The van der Waals surface area contributed by atoms with Crippen molar-refractivity contribution in [3.8, 4) is 0 Å². The second kappa shape index (κ2) is 4.37. The lowest BCUT2D eigenvalue weighted by atomic mass is 10.1. The van der Waals surface area contributed by atoms with Gasteiger partial charge in [0.05, 0.1) is 11.2 Å². The summed E-state index contributed by atoms with van der Waals surface area (Å²) in [4.78, 5) is 14.6. The number of esters is 1. The number of ether oxygens (including phenoxy) is 1. The number of hydrogen-bond acceptors (Lipinski definition) is 3. The van der Waals surface area contributed by atoms with Crippen molar-refractivity contribution in [2.45, 2.75) is 12.5 Å². The number of methoxy groups -OCH3 is 1. The predicted octanol–water partition coefficient (Wildman–Crippen LogP) is 1.21. The van der Waals surface area contributed by atoms with Crippen molar-refractivity contribution in [1.82, 2.24) is 4.98 Å². The second-order valence-corrected chi connectivity index (χ2v) is 3.59. The van der Waals surface area contributed by atoms with E-state index in [1.165, 1.54) is 0 Å². The fourth-order valence-electron chi connectivity index (χ4n) is 1.70. The van der Waals surface area contributed by atoms with Gasteiger partial charge < -0.3 is 15.5 Å². The number of fused-ring (bicyclic) bond motifs is 1. The van der Waals surface area contributed by atoms with Crippen LogP contribution in [0.5, 0.6) is 0 Å². The van der Waals surface area contributed by atoms with Crippen LogP contribution < -0.4 is 5.73 Å². The zero-order valence-corrected chi connectivity index (χ0v) is 8.57. The maximum absolute atomic E-state index is 11.5. The van der Waals surface area contributed by atoms with Gasteiger partial charge in [-0.05, 0) is 11.6 Å². The molecule has 0 saturated heterocycles. The van der Waals surface area contributed by atoms with Crippen molar-refractivity contribution in [2.24, 2.45) is 5.73 Å². The third kappa shape index (κ3) is 1.92. The summed E-state index contributed by atoms with van der Waals surface area (Å²) in [6, 6.07) is 6.59. The fraction of sp³-hybridized carbons (Fsp3) is 0.250. The van der Waals surface area contributed by atoms with Gasteiger partial charge in [-0.3, -0.25) is 4.79 Å². The Hall–Kier alpha value is -1.81. The molecule has 2 rings (SSSR count). The Kier molecular flexibility index (Phi) is 2.04. The predicted molar refractivity (Wildman–Crippen MR) is 62.0 cm³/mol. The van der Waals surface area contributed by atoms with Gasteiger partial charge in [-0.2, -0.15) is 0 Å². The van der Waals surface area contributed by atoms with Crippen LogP contribution >= 0.6 is 0 Å². The summed E-state index contributed by atoms with van der Waals surface area (Å²) >= 11 is 0. The van der Waals surface area contributed by atoms with Crippen LogP contribution in [0.4, 0.5) is 0 Å². The summed E-state index contributed by atoms with van der Waals surface area (Å²) < 4.78 is 24.9. The number of nitrogens with one attached hydrogen (secondary N) is 1. The number of nitrogens with two attached hydrogens (primary N) is 1. The van der Waals surface area contributed by atoms with Crippen LogP contribution in [-0.4, -0.2) is 24.0 Å². The van der Waals surface area contributed by atoms with Crippen molar-refractivity contribution in [1.29, 1.82) is 0 Å². The highest BCUT2D eigenvalue weighted by Gasteiger charge is 2.16. The summed E-state index contributed by atoms with van der Waals surface area (Å²) in [6.07, 6.45) is 1.98.